The molecule has 0 bridgehead atoms. The molecule has 0 saturated carbocycles. The molecule has 0 saturated heterocycles. The van der Waals surface area contributed by atoms with E-state index in [9.17, 15) is 0 Å². The zero-order valence-corrected chi connectivity index (χ0v) is 9.88. The number of hydrazine groups is 1. The number of nitrogens with two attached hydrogens (primary N) is 1. The van der Waals surface area contributed by atoms with Crippen molar-refractivity contribution in [3.63, 3.8) is 0 Å². The molecule has 0 unspecified atom stereocenters. The summed E-state index contributed by atoms with van der Waals surface area (Å²) in [7, 11) is 1.88. The van der Waals surface area contributed by atoms with Gasteiger partial charge in [-0.1, -0.05) is 18.2 Å². The summed E-state index contributed by atoms with van der Waals surface area (Å²) in [5.74, 6) is 6.13. The second-order valence-electron chi connectivity index (χ2n) is 3.71. The van der Waals surface area contributed by atoms with Crippen LogP contribution >= 0.6 is 0 Å². The van der Waals surface area contributed by atoms with Gasteiger partial charge in [0.05, 0.1) is 17.4 Å². The first-order valence-electron chi connectivity index (χ1n) is 5.31. The lowest BCUT2D eigenvalue weighted by molar-refractivity contribution is 0.739. The summed E-state index contributed by atoms with van der Waals surface area (Å²) in [6.45, 7) is 1.97. The van der Waals surface area contributed by atoms with Gasteiger partial charge in [0.2, 0.25) is 0 Å². The van der Waals surface area contributed by atoms with Crippen molar-refractivity contribution in [2.75, 3.05) is 0 Å². The van der Waals surface area contributed by atoms with Crippen molar-refractivity contribution in [1.29, 1.82) is 0 Å². The van der Waals surface area contributed by atoms with Gasteiger partial charge < -0.3 is 5.43 Å². The number of amidine groups is 1. The van der Waals surface area contributed by atoms with Gasteiger partial charge in [-0.2, -0.15) is 5.10 Å². The molecule has 0 aliphatic carbocycles. The Kier molecular flexibility index (Phi) is 3.20. The summed E-state index contributed by atoms with van der Waals surface area (Å²) in [4.78, 5) is 4.45. The van der Waals surface area contributed by atoms with Crippen LogP contribution in [-0.2, 0) is 7.05 Å². The summed E-state index contributed by atoms with van der Waals surface area (Å²) in [6, 6.07) is 9.65. The number of hydrogen-bond donors (Lipinski definition) is 2. The quantitative estimate of drug-likeness (QED) is 0.353. The van der Waals surface area contributed by atoms with Crippen LogP contribution in [0, 0.1) is 6.92 Å². The molecule has 0 aliphatic rings. The zero-order chi connectivity index (χ0) is 12.3. The Morgan fingerprint density at radius 1 is 1.35 bits per heavy atom. The van der Waals surface area contributed by atoms with Crippen LogP contribution in [0.25, 0.3) is 0 Å². The SMILES string of the molecule is Cc1c(C(=Nc2ccccc2)NN)cnn1C. The molecule has 5 heteroatoms. The molecular formula is C12H15N5. The first kappa shape index (κ1) is 11.3. The third-order valence-corrected chi connectivity index (χ3v) is 2.62. The van der Waals surface area contributed by atoms with Crippen molar-refractivity contribution in [2.24, 2.45) is 17.9 Å². The lowest BCUT2D eigenvalue weighted by atomic mass is 10.2. The van der Waals surface area contributed by atoms with Gasteiger partial charge in [-0.05, 0) is 19.1 Å². The number of aromatic nitrogens is 2. The van der Waals surface area contributed by atoms with Crippen molar-refractivity contribution in [3.8, 4) is 0 Å². The van der Waals surface area contributed by atoms with E-state index in [2.05, 4.69) is 15.5 Å². The van der Waals surface area contributed by atoms with Crippen LogP contribution in [0.4, 0.5) is 5.69 Å². The second-order valence-corrected chi connectivity index (χ2v) is 3.71. The first-order valence-corrected chi connectivity index (χ1v) is 5.31. The van der Waals surface area contributed by atoms with Crippen LogP contribution in [0.1, 0.15) is 11.3 Å². The molecule has 1 heterocycles. The van der Waals surface area contributed by atoms with Crippen LogP contribution in [0.15, 0.2) is 41.5 Å². The molecule has 2 rings (SSSR count). The number of nitrogens with zero attached hydrogens (tertiary/aromatic N) is 3. The van der Waals surface area contributed by atoms with E-state index >= 15 is 0 Å². The molecular weight excluding hydrogens is 214 g/mol. The lowest BCUT2D eigenvalue weighted by Crippen LogP contribution is -2.31. The Balaban J connectivity index is 2.41. The van der Waals surface area contributed by atoms with Gasteiger partial charge in [0.15, 0.2) is 5.84 Å². The summed E-state index contributed by atoms with van der Waals surface area (Å²) in [6.07, 6.45) is 1.75. The van der Waals surface area contributed by atoms with Gasteiger partial charge in [0, 0.05) is 12.7 Å². The third-order valence-electron chi connectivity index (χ3n) is 2.62. The van der Waals surface area contributed by atoms with Crippen LogP contribution in [0.2, 0.25) is 0 Å². The maximum atomic E-state index is 5.51. The average molecular weight is 229 g/mol. The van der Waals surface area contributed by atoms with Gasteiger partial charge >= 0.3 is 0 Å². The standard InChI is InChI=1S/C12H15N5/c1-9-11(8-14-17(9)2)12(16-13)15-10-6-4-3-5-7-10/h3-8H,13H2,1-2H3,(H,15,16). The molecule has 1 aromatic heterocycles. The molecule has 1 aromatic carbocycles. The maximum Gasteiger partial charge on any atom is 0.151 e. The van der Waals surface area contributed by atoms with E-state index in [-0.39, 0.29) is 0 Å². The summed E-state index contributed by atoms with van der Waals surface area (Å²) in [5.41, 5.74) is 5.38. The number of benzene rings is 1. The smallest absolute Gasteiger partial charge is 0.151 e. The second kappa shape index (κ2) is 4.80. The monoisotopic (exact) mass is 229 g/mol. The Bertz CT molecular complexity index is 527. The van der Waals surface area contributed by atoms with Crippen molar-refractivity contribution >= 4 is 11.5 Å². The molecule has 0 atom stereocenters. The van der Waals surface area contributed by atoms with Gasteiger partial charge in [-0.15, -0.1) is 0 Å². The minimum atomic E-state index is 0.613. The number of rotatable bonds is 2. The van der Waals surface area contributed by atoms with E-state index in [0.717, 1.165) is 16.9 Å². The minimum Gasteiger partial charge on any atom is -0.308 e. The summed E-state index contributed by atoms with van der Waals surface area (Å²) >= 11 is 0. The highest BCUT2D eigenvalue weighted by Crippen LogP contribution is 2.13. The average Bonchev–Trinajstić information content (AvgIpc) is 2.69. The molecule has 88 valence electrons. The Morgan fingerprint density at radius 2 is 2.06 bits per heavy atom. The highest BCUT2D eigenvalue weighted by molar-refractivity contribution is 6.00. The topological polar surface area (TPSA) is 68.2 Å². The highest BCUT2D eigenvalue weighted by atomic mass is 15.3. The van der Waals surface area contributed by atoms with Crippen LogP contribution < -0.4 is 11.3 Å². The molecule has 2 aromatic rings. The zero-order valence-electron chi connectivity index (χ0n) is 9.88. The number of aliphatic imine (C=N–C) groups is 1. The van der Waals surface area contributed by atoms with E-state index < -0.39 is 0 Å². The molecule has 0 amide bonds. The van der Waals surface area contributed by atoms with E-state index in [0.29, 0.717) is 5.84 Å². The molecule has 3 N–H and O–H groups in total. The third kappa shape index (κ3) is 2.34. The predicted octanol–water partition coefficient (Wildman–Crippen LogP) is 1.27. The molecule has 0 aliphatic heterocycles. The summed E-state index contributed by atoms with van der Waals surface area (Å²) in [5, 5.41) is 4.17. The normalized spacial score (nSPS) is 11.6. The van der Waals surface area contributed by atoms with Gasteiger partial charge in [0.25, 0.3) is 0 Å². The van der Waals surface area contributed by atoms with Crippen LogP contribution in [-0.4, -0.2) is 15.6 Å². The van der Waals surface area contributed by atoms with E-state index in [1.807, 2.05) is 44.3 Å². The Hall–Kier alpha value is -2.14. The van der Waals surface area contributed by atoms with Crippen molar-refractivity contribution < 1.29 is 0 Å². The highest BCUT2D eigenvalue weighted by Gasteiger charge is 2.09. The molecule has 5 nitrogen and oxygen atoms in total. The number of para-hydroxylation sites is 1. The molecule has 0 radical (unpaired) electrons. The molecule has 17 heavy (non-hydrogen) atoms. The molecule has 0 spiro atoms. The van der Waals surface area contributed by atoms with E-state index in [1.54, 1.807) is 10.9 Å². The molecule has 0 fully saturated rings. The predicted molar refractivity (Wildman–Crippen MR) is 67.9 cm³/mol. The van der Waals surface area contributed by atoms with Gasteiger partial charge in [-0.3, -0.25) is 4.68 Å². The van der Waals surface area contributed by atoms with Crippen molar-refractivity contribution in [3.05, 3.63) is 47.8 Å². The fraction of sp³-hybridized carbons (Fsp3) is 0.167. The Morgan fingerprint density at radius 3 is 2.59 bits per heavy atom. The van der Waals surface area contributed by atoms with E-state index in [1.165, 1.54) is 0 Å². The maximum absolute atomic E-state index is 5.51. The van der Waals surface area contributed by atoms with Gasteiger partial charge in [0.1, 0.15) is 0 Å². The number of hydrogen-bond acceptors (Lipinski definition) is 3. The van der Waals surface area contributed by atoms with Crippen molar-refractivity contribution in [1.82, 2.24) is 15.2 Å². The fourth-order valence-corrected chi connectivity index (χ4v) is 1.53. The largest absolute Gasteiger partial charge is 0.308 e. The lowest BCUT2D eigenvalue weighted by Gasteiger charge is -2.05. The van der Waals surface area contributed by atoms with Crippen LogP contribution in [0.5, 0.6) is 0 Å². The fourth-order valence-electron chi connectivity index (χ4n) is 1.53. The van der Waals surface area contributed by atoms with E-state index in [4.69, 9.17) is 5.84 Å². The number of aryl methyl sites for hydroxylation is 1. The summed E-state index contributed by atoms with van der Waals surface area (Å²) < 4.78 is 1.78. The van der Waals surface area contributed by atoms with Crippen molar-refractivity contribution in [2.45, 2.75) is 6.92 Å². The Labute approximate surface area is 99.9 Å². The first-order chi connectivity index (χ1) is 8.22. The minimum absolute atomic E-state index is 0.613. The van der Waals surface area contributed by atoms with Gasteiger partial charge in [-0.25, -0.2) is 10.8 Å². The number of nitrogens with one attached hydrogen (secondary N) is 1. The van der Waals surface area contributed by atoms with Crippen LogP contribution in [0.3, 0.4) is 0 Å².